The Kier molecular flexibility index (Phi) is 5.57. The third-order valence-electron chi connectivity index (χ3n) is 5.94. The molecule has 2 aliphatic rings. The van der Waals surface area contributed by atoms with Gasteiger partial charge in [0.25, 0.3) is 5.91 Å². The number of benzene rings is 1. The minimum Gasteiger partial charge on any atom is -0.396 e. The lowest BCUT2D eigenvalue weighted by molar-refractivity contribution is 0.0932. The molecule has 1 aromatic carbocycles. The zero-order valence-corrected chi connectivity index (χ0v) is 16.4. The van der Waals surface area contributed by atoms with E-state index < -0.39 is 0 Å². The Morgan fingerprint density at radius 3 is 2.68 bits per heavy atom. The summed E-state index contributed by atoms with van der Waals surface area (Å²) in [6.07, 6.45) is 6.70. The molecule has 1 atom stereocenters. The normalized spacial score (nSPS) is 19.9. The second-order valence-electron chi connectivity index (χ2n) is 7.97. The van der Waals surface area contributed by atoms with Gasteiger partial charge in [-0.25, -0.2) is 9.97 Å². The summed E-state index contributed by atoms with van der Waals surface area (Å²) < 4.78 is 0. The van der Waals surface area contributed by atoms with E-state index in [1.54, 1.807) is 0 Å². The molecule has 0 saturated carbocycles. The van der Waals surface area contributed by atoms with Gasteiger partial charge in [-0.2, -0.15) is 0 Å². The van der Waals surface area contributed by atoms with Gasteiger partial charge in [-0.1, -0.05) is 17.7 Å². The summed E-state index contributed by atoms with van der Waals surface area (Å²) in [5.41, 5.74) is 3.92. The molecule has 148 valence electrons. The third-order valence-corrected chi connectivity index (χ3v) is 5.94. The van der Waals surface area contributed by atoms with E-state index in [9.17, 15) is 9.90 Å². The number of aromatic nitrogens is 2. The Morgan fingerprint density at radius 2 is 1.96 bits per heavy atom. The predicted octanol–water partition coefficient (Wildman–Crippen LogP) is 2.80. The maximum atomic E-state index is 12.6. The van der Waals surface area contributed by atoms with Gasteiger partial charge in [0.1, 0.15) is 0 Å². The SMILES string of the molecule is Cc1ccc(C(=O)N[C@H]2CCCc3nc(N4CCC(CO)CC4)ncc32)cc1. The maximum Gasteiger partial charge on any atom is 0.251 e. The van der Waals surface area contributed by atoms with Crippen molar-refractivity contribution in [1.29, 1.82) is 0 Å². The van der Waals surface area contributed by atoms with Crippen LogP contribution >= 0.6 is 0 Å². The summed E-state index contributed by atoms with van der Waals surface area (Å²) in [5.74, 6) is 1.13. The minimum absolute atomic E-state index is 0.0354. The highest BCUT2D eigenvalue weighted by molar-refractivity contribution is 5.94. The fourth-order valence-corrected chi connectivity index (χ4v) is 4.10. The lowest BCUT2D eigenvalue weighted by Crippen LogP contribution is -2.36. The van der Waals surface area contributed by atoms with Crippen molar-refractivity contribution >= 4 is 11.9 Å². The molecular formula is C22H28N4O2. The number of carbonyl (C=O) groups excluding carboxylic acids is 1. The van der Waals surface area contributed by atoms with Crippen LogP contribution in [0.2, 0.25) is 0 Å². The summed E-state index contributed by atoms with van der Waals surface area (Å²) in [7, 11) is 0. The Balaban J connectivity index is 1.47. The zero-order chi connectivity index (χ0) is 19.5. The van der Waals surface area contributed by atoms with Crippen molar-refractivity contribution in [3.8, 4) is 0 Å². The first-order valence-corrected chi connectivity index (χ1v) is 10.2. The lowest BCUT2D eigenvalue weighted by Gasteiger charge is -2.32. The summed E-state index contributed by atoms with van der Waals surface area (Å²) in [6.45, 7) is 4.05. The Hall–Kier alpha value is -2.47. The molecule has 28 heavy (non-hydrogen) atoms. The molecule has 1 aliphatic heterocycles. The number of nitrogens with zero attached hydrogens (tertiary/aromatic N) is 3. The second-order valence-corrected chi connectivity index (χ2v) is 7.97. The number of aliphatic hydroxyl groups is 1. The van der Waals surface area contributed by atoms with Crippen LogP contribution in [-0.4, -0.2) is 40.7 Å². The third kappa shape index (κ3) is 4.02. The monoisotopic (exact) mass is 380 g/mol. The summed E-state index contributed by atoms with van der Waals surface area (Å²) in [5, 5.41) is 12.5. The first-order chi connectivity index (χ1) is 13.6. The van der Waals surface area contributed by atoms with E-state index in [4.69, 9.17) is 4.98 Å². The fourth-order valence-electron chi connectivity index (χ4n) is 4.10. The maximum absolute atomic E-state index is 12.6. The topological polar surface area (TPSA) is 78.4 Å². The molecule has 1 amide bonds. The molecule has 0 spiro atoms. The Morgan fingerprint density at radius 1 is 1.21 bits per heavy atom. The Labute approximate surface area is 166 Å². The van der Waals surface area contributed by atoms with Crippen molar-refractivity contribution in [2.24, 2.45) is 5.92 Å². The number of carbonyl (C=O) groups is 1. The first-order valence-electron chi connectivity index (χ1n) is 10.2. The van der Waals surface area contributed by atoms with Crippen molar-refractivity contribution < 1.29 is 9.90 Å². The van der Waals surface area contributed by atoms with Gasteiger partial charge >= 0.3 is 0 Å². The summed E-state index contributed by atoms with van der Waals surface area (Å²) >= 11 is 0. The number of hydrogen-bond donors (Lipinski definition) is 2. The van der Waals surface area contributed by atoms with E-state index in [1.165, 1.54) is 0 Å². The molecule has 1 aliphatic carbocycles. The largest absolute Gasteiger partial charge is 0.396 e. The van der Waals surface area contributed by atoms with Crippen molar-refractivity contribution in [3.63, 3.8) is 0 Å². The molecule has 2 aromatic rings. The van der Waals surface area contributed by atoms with E-state index in [0.717, 1.165) is 68.0 Å². The van der Waals surface area contributed by atoms with Gasteiger partial charge in [0.05, 0.1) is 11.7 Å². The number of fused-ring (bicyclic) bond motifs is 1. The number of aliphatic hydroxyl groups excluding tert-OH is 1. The molecule has 1 fully saturated rings. The standard InChI is InChI=1S/C22H28N4O2/c1-15-5-7-17(8-6-15)21(28)24-19-3-2-4-20-18(19)13-23-22(25-20)26-11-9-16(14-27)10-12-26/h5-8,13,16,19,27H,2-4,9-12,14H2,1H3,(H,24,28)/t19-/m0/s1. The van der Waals surface area contributed by atoms with Crippen LogP contribution in [0.1, 0.15) is 58.9 Å². The van der Waals surface area contributed by atoms with Crippen LogP contribution in [0.3, 0.4) is 0 Å². The molecule has 0 unspecified atom stereocenters. The molecule has 0 radical (unpaired) electrons. The van der Waals surface area contributed by atoms with E-state index in [2.05, 4.69) is 15.2 Å². The van der Waals surface area contributed by atoms with Gasteiger partial charge < -0.3 is 15.3 Å². The molecule has 2 heterocycles. The lowest BCUT2D eigenvalue weighted by atomic mass is 9.92. The van der Waals surface area contributed by atoms with Crippen LogP contribution in [0.4, 0.5) is 5.95 Å². The highest BCUT2D eigenvalue weighted by Gasteiger charge is 2.26. The molecule has 6 heteroatoms. The van der Waals surface area contributed by atoms with Crippen LogP contribution in [0.15, 0.2) is 30.5 Å². The quantitative estimate of drug-likeness (QED) is 0.853. The molecule has 6 nitrogen and oxygen atoms in total. The smallest absolute Gasteiger partial charge is 0.251 e. The van der Waals surface area contributed by atoms with E-state index in [1.807, 2.05) is 37.4 Å². The summed E-state index contributed by atoms with van der Waals surface area (Å²) in [6, 6.07) is 7.61. The van der Waals surface area contributed by atoms with Crippen LogP contribution in [0.25, 0.3) is 0 Å². The van der Waals surface area contributed by atoms with E-state index >= 15 is 0 Å². The summed E-state index contributed by atoms with van der Waals surface area (Å²) in [4.78, 5) is 24.3. The van der Waals surface area contributed by atoms with Crippen LogP contribution in [0, 0.1) is 12.8 Å². The van der Waals surface area contributed by atoms with Crippen molar-refractivity contribution in [1.82, 2.24) is 15.3 Å². The molecule has 1 aromatic heterocycles. The first kappa shape index (κ1) is 18.9. The molecule has 2 N–H and O–H groups in total. The zero-order valence-electron chi connectivity index (χ0n) is 16.4. The molecule has 1 saturated heterocycles. The van der Waals surface area contributed by atoms with Gasteiger partial charge in [0, 0.05) is 37.0 Å². The van der Waals surface area contributed by atoms with E-state index in [-0.39, 0.29) is 18.6 Å². The number of hydrogen-bond acceptors (Lipinski definition) is 5. The van der Waals surface area contributed by atoms with Crippen molar-refractivity contribution in [3.05, 3.63) is 52.8 Å². The molecule has 4 rings (SSSR count). The highest BCUT2D eigenvalue weighted by atomic mass is 16.3. The van der Waals surface area contributed by atoms with Crippen LogP contribution < -0.4 is 10.2 Å². The predicted molar refractivity (Wildman–Crippen MR) is 108 cm³/mol. The van der Waals surface area contributed by atoms with Gasteiger partial charge in [-0.3, -0.25) is 4.79 Å². The van der Waals surface area contributed by atoms with Crippen molar-refractivity contribution in [2.75, 3.05) is 24.6 Å². The highest BCUT2D eigenvalue weighted by Crippen LogP contribution is 2.30. The van der Waals surface area contributed by atoms with Gasteiger partial charge in [-0.15, -0.1) is 0 Å². The number of aryl methyl sites for hydroxylation is 2. The number of rotatable bonds is 4. The number of amides is 1. The fraction of sp³-hybridized carbons (Fsp3) is 0.500. The molecular weight excluding hydrogens is 352 g/mol. The average Bonchev–Trinajstić information content (AvgIpc) is 2.74. The van der Waals surface area contributed by atoms with Gasteiger partial charge in [0.15, 0.2) is 0 Å². The molecule has 0 bridgehead atoms. The average molecular weight is 380 g/mol. The van der Waals surface area contributed by atoms with Gasteiger partial charge in [-0.05, 0) is 57.1 Å². The van der Waals surface area contributed by atoms with E-state index in [0.29, 0.717) is 11.5 Å². The Bertz CT molecular complexity index is 829. The van der Waals surface area contributed by atoms with Crippen LogP contribution in [-0.2, 0) is 6.42 Å². The second kappa shape index (κ2) is 8.27. The minimum atomic E-state index is -0.0481. The number of piperidine rings is 1. The number of nitrogens with one attached hydrogen (secondary N) is 1. The van der Waals surface area contributed by atoms with Crippen LogP contribution in [0.5, 0.6) is 0 Å². The van der Waals surface area contributed by atoms with Gasteiger partial charge in [0.2, 0.25) is 5.95 Å². The van der Waals surface area contributed by atoms with Crippen molar-refractivity contribution in [2.45, 2.75) is 45.1 Å². The number of anilines is 1.